The van der Waals surface area contributed by atoms with E-state index in [9.17, 15) is 4.79 Å². The van der Waals surface area contributed by atoms with E-state index in [0.717, 1.165) is 30.4 Å². The van der Waals surface area contributed by atoms with E-state index in [-0.39, 0.29) is 0 Å². The number of aldehydes is 1. The van der Waals surface area contributed by atoms with Gasteiger partial charge >= 0.3 is 0 Å². The Hall–Kier alpha value is -1.97. The third kappa shape index (κ3) is 11.3. The van der Waals surface area contributed by atoms with Crippen LogP contribution in [0.4, 0.5) is 0 Å². The van der Waals surface area contributed by atoms with E-state index in [1.807, 2.05) is 59.0 Å². The van der Waals surface area contributed by atoms with Gasteiger partial charge in [-0.25, -0.2) is 0 Å². The fraction of sp³-hybridized carbons (Fsp3) is 0.519. The maximum absolute atomic E-state index is 10.7. The lowest BCUT2D eigenvalue weighted by molar-refractivity contribution is 0.112. The quantitative estimate of drug-likeness (QED) is 0.552. The Morgan fingerprint density at radius 1 is 0.900 bits per heavy atom. The number of hydrogen-bond acceptors (Lipinski definition) is 3. The van der Waals surface area contributed by atoms with Crippen molar-refractivity contribution < 1.29 is 4.79 Å². The van der Waals surface area contributed by atoms with Gasteiger partial charge in [0.15, 0.2) is 0 Å². The first-order valence-electron chi connectivity index (χ1n) is 11.8. The molecular formula is C27H44N2O. The molecule has 0 aromatic heterocycles. The number of nitrogens with one attached hydrogen (secondary N) is 1. The van der Waals surface area contributed by atoms with Crippen LogP contribution in [0, 0.1) is 0 Å². The lowest BCUT2D eigenvalue weighted by atomic mass is 10.0. The molecule has 1 heterocycles. The molecule has 1 N–H and O–H groups in total. The fourth-order valence-corrected chi connectivity index (χ4v) is 3.22. The van der Waals surface area contributed by atoms with Crippen molar-refractivity contribution in [2.75, 3.05) is 33.2 Å². The summed E-state index contributed by atoms with van der Waals surface area (Å²) in [7, 11) is 2.02. The van der Waals surface area contributed by atoms with Gasteiger partial charge in [-0.05, 0) is 62.2 Å². The number of carbonyl (C=O) groups is 1. The molecule has 0 atom stereocenters. The first-order chi connectivity index (χ1) is 14.8. The second-order valence-corrected chi connectivity index (χ2v) is 6.80. The zero-order valence-electron chi connectivity index (χ0n) is 20.2. The number of nitrogens with zero attached hydrogens (tertiary/aromatic N) is 1. The predicted octanol–water partition coefficient (Wildman–Crippen LogP) is 6.47. The lowest BCUT2D eigenvalue weighted by Crippen LogP contribution is -2.34. The standard InChI is InChI=1S/C15H14O.C8H18N2.2C2H6/c1-2-12-5-3-7-14(9-12)15-8-4-6-13(10-15)11-16;1-9-5-8-10-6-3-2-4-7-10;2*1-2/h3-11H,2H2,1H3;9H,2-8H2,1H3;2*1-2H3. The van der Waals surface area contributed by atoms with E-state index in [4.69, 9.17) is 0 Å². The van der Waals surface area contributed by atoms with Gasteiger partial charge in [-0.1, -0.05) is 83.5 Å². The van der Waals surface area contributed by atoms with Crippen LogP contribution in [0.1, 0.15) is 69.8 Å². The Balaban J connectivity index is 0.000000518. The van der Waals surface area contributed by atoms with E-state index in [2.05, 4.69) is 41.4 Å². The molecule has 0 amide bonds. The van der Waals surface area contributed by atoms with Crippen molar-refractivity contribution in [3.63, 3.8) is 0 Å². The molecule has 3 rings (SSSR count). The van der Waals surface area contributed by atoms with Crippen LogP contribution in [0.25, 0.3) is 11.1 Å². The van der Waals surface area contributed by atoms with Crippen LogP contribution < -0.4 is 5.32 Å². The highest BCUT2D eigenvalue weighted by Crippen LogP contribution is 2.21. The molecule has 0 aliphatic carbocycles. The number of likely N-dealkylation sites (tertiary alicyclic amines) is 1. The molecule has 0 spiro atoms. The summed E-state index contributed by atoms with van der Waals surface area (Å²) in [6, 6.07) is 16.1. The van der Waals surface area contributed by atoms with Crippen LogP contribution in [0.3, 0.4) is 0 Å². The number of benzene rings is 2. The molecule has 0 unspecified atom stereocenters. The second-order valence-electron chi connectivity index (χ2n) is 6.80. The molecule has 3 heteroatoms. The third-order valence-corrected chi connectivity index (χ3v) is 4.82. The van der Waals surface area contributed by atoms with Crippen molar-refractivity contribution in [3.8, 4) is 11.1 Å². The molecular weight excluding hydrogens is 368 g/mol. The van der Waals surface area contributed by atoms with E-state index in [0.29, 0.717) is 0 Å². The molecule has 2 aromatic carbocycles. The average molecular weight is 413 g/mol. The Kier molecular flexibility index (Phi) is 17.8. The summed E-state index contributed by atoms with van der Waals surface area (Å²) >= 11 is 0. The first-order valence-corrected chi connectivity index (χ1v) is 11.8. The molecule has 30 heavy (non-hydrogen) atoms. The van der Waals surface area contributed by atoms with Gasteiger partial charge in [0.25, 0.3) is 0 Å². The molecule has 0 saturated carbocycles. The van der Waals surface area contributed by atoms with E-state index < -0.39 is 0 Å². The summed E-state index contributed by atoms with van der Waals surface area (Å²) in [5, 5.41) is 3.17. The first kappa shape index (κ1) is 28.0. The minimum atomic E-state index is 0.722. The largest absolute Gasteiger partial charge is 0.318 e. The van der Waals surface area contributed by atoms with Crippen LogP contribution in [-0.2, 0) is 6.42 Å². The van der Waals surface area contributed by atoms with Crippen molar-refractivity contribution in [2.45, 2.75) is 60.3 Å². The smallest absolute Gasteiger partial charge is 0.150 e. The summed E-state index contributed by atoms with van der Waals surface area (Å²) < 4.78 is 0. The van der Waals surface area contributed by atoms with Crippen LogP contribution in [0.5, 0.6) is 0 Å². The summed E-state index contributed by atoms with van der Waals surface area (Å²) in [6.45, 7) is 15.2. The predicted molar refractivity (Wildman–Crippen MR) is 134 cm³/mol. The van der Waals surface area contributed by atoms with Crippen LogP contribution in [0.2, 0.25) is 0 Å². The Labute approximate surface area is 185 Å². The van der Waals surface area contributed by atoms with E-state index >= 15 is 0 Å². The average Bonchev–Trinajstić information content (AvgIpc) is 2.86. The number of likely N-dealkylation sites (N-methyl/N-ethyl adjacent to an activating group) is 1. The van der Waals surface area contributed by atoms with Gasteiger partial charge in [0, 0.05) is 18.7 Å². The summed E-state index contributed by atoms with van der Waals surface area (Å²) in [5.74, 6) is 0. The minimum absolute atomic E-state index is 0.722. The third-order valence-electron chi connectivity index (χ3n) is 4.82. The molecule has 1 aliphatic rings. The highest BCUT2D eigenvalue weighted by atomic mass is 16.1. The highest BCUT2D eigenvalue weighted by molar-refractivity contribution is 5.78. The van der Waals surface area contributed by atoms with Crippen molar-refractivity contribution in [1.29, 1.82) is 0 Å². The van der Waals surface area contributed by atoms with Crippen molar-refractivity contribution in [3.05, 3.63) is 59.7 Å². The Morgan fingerprint density at radius 3 is 2.07 bits per heavy atom. The topological polar surface area (TPSA) is 32.3 Å². The van der Waals surface area contributed by atoms with Crippen molar-refractivity contribution >= 4 is 6.29 Å². The maximum atomic E-state index is 10.7. The summed E-state index contributed by atoms with van der Waals surface area (Å²) in [5.41, 5.74) is 4.30. The minimum Gasteiger partial charge on any atom is -0.318 e. The van der Waals surface area contributed by atoms with Gasteiger partial charge < -0.3 is 10.2 Å². The van der Waals surface area contributed by atoms with Gasteiger partial charge in [0.1, 0.15) is 6.29 Å². The fourth-order valence-electron chi connectivity index (χ4n) is 3.22. The summed E-state index contributed by atoms with van der Waals surface area (Å²) in [6.07, 6.45) is 6.16. The second kappa shape index (κ2) is 19.0. The lowest BCUT2D eigenvalue weighted by Gasteiger charge is -2.25. The van der Waals surface area contributed by atoms with Gasteiger partial charge in [-0.15, -0.1) is 0 Å². The highest BCUT2D eigenvalue weighted by Gasteiger charge is 2.07. The SMILES string of the molecule is CC.CC.CCc1cccc(-c2cccc(C=O)c2)c1.CNCCN1CCCCC1. The van der Waals surface area contributed by atoms with Gasteiger partial charge in [-0.2, -0.15) is 0 Å². The Bertz CT molecular complexity index is 663. The van der Waals surface area contributed by atoms with Crippen LogP contribution in [-0.4, -0.2) is 44.4 Å². The van der Waals surface area contributed by atoms with Gasteiger partial charge in [0.05, 0.1) is 0 Å². The van der Waals surface area contributed by atoms with Crippen LogP contribution >= 0.6 is 0 Å². The molecule has 1 fully saturated rings. The Morgan fingerprint density at radius 2 is 1.50 bits per heavy atom. The molecule has 0 bridgehead atoms. The monoisotopic (exact) mass is 412 g/mol. The van der Waals surface area contributed by atoms with Crippen molar-refractivity contribution in [2.24, 2.45) is 0 Å². The number of aryl methyl sites for hydroxylation is 1. The molecule has 2 aromatic rings. The number of hydrogen-bond donors (Lipinski definition) is 1. The zero-order valence-corrected chi connectivity index (χ0v) is 20.2. The number of carbonyl (C=O) groups excluding carboxylic acids is 1. The normalized spacial score (nSPS) is 12.9. The van der Waals surface area contributed by atoms with E-state index in [1.165, 1.54) is 50.0 Å². The summed E-state index contributed by atoms with van der Waals surface area (Å²) in [4.78, 5) is 13.3. The molecule has 1 saturated heterocycles. The molecule has 3 nitrogen and oxygen atoms in total. The molecule has 168 valence electrons. The maximum Gasteiger partial charge on any atom is 0.150 e. The number of rotatable bonds is 6. The number of piperidine rings is 1. The van der Waals surface area contributed by atoms with Crippen molar-refractivity contribution in [1.82, 2.24) is 10.2 Å². The van der Waals surface area contributed by atoms with E-state index in [1.54, 1.807) is 0 Å². The molecule has 1 aliphatic heterocycles. The molecule has 0 radical (unpaired) electrons. The zero-order chi connectivity index (χ0) is 22.6. The van der Waals surface area contributed by atoms with Crippen LogP contribution in [0.15, 0.2) is 48.5 Å². The van der Waals surface area contributed by atoms with Gasteiger partial charge in [0.2, 0.25) is 0 Å². The van der Waals surface area contributed by atoms with Gasteiger partial charge in [-0.3, -0.25) is 4.79 Å².